The number of benzene rings is 1. The summed E-state index contributed by atoms with van der Waals surface area (Å²) in [6.07, 6.45) is 3.28. The average molecular weight is 311 g/mol. The smallest absolute Gasteiger partial charge is 0.136 e. The molecule has 0 radical (unpaired) electrons. The zero-order chi connectivity index (χ0) is 13.1. The molecule has 1 aromatic carbocycles. The van der Waals surface area contributed by atoms with Crippen LogP contribution >= 0.6 is 15.9 Å². The van der Waals surface area contributed by atoms with Gasteiger partial charge in [0, 0.05) is 17.3 Å². The number of hydrogen-bond donors (Lipinski definition) is 0. The minimum Gasteiger partial charge on any atom is -0.490 e. The fourth-order valence-corrected chi connectivity index (χ4v) is 2.72. The highest BCUT2D eigenvalue weighted by molar-refractivity contribution is 9.10. The molecule has 3 heteroatoms. The van der Waals surface area contributed by atoms with E-state index in [1.807, 2.05) is 12.1 Å². The van der Waals surface area contributed by atoms with Crippen molar-refractivity contribution in [1.29, 1.82) is 0 Å². The van der Waals surface area contributed by atoms with Crippen LogP contribution < -0.4 is 4.74 Å². The number of ether oxygens (including phenoxy) is 1. The van der Waals surface area contributed by atoms with E-state index in [9.17, 15) is 4.79 Å². The predicted molar refractivity (Wildman–Crippen MR) is 76.1 cm³/mol. The third-order valence-electron chi connectivity index (χ3n) is 3.32. The second kappa shape index (κ2) is 5.87. The lowest BCUT2D eigenvalue weighted by atomic mass is 9.96. The van der Waals surface area contributed by atoms with Crippen molar-refractivity contribution >= 4 is 21.7 Å². The Balaban J connectivity index is 2.15. The van der Waals surface area contributed by atoms with Crippen LogP contribution in [0.1, 0.15) is 51.0 Å². The van der Waals surface area contributed by atoms with Crippen LogP contribution in [0.5, 0.6) is 5.75 Å². The molecule has 2 nitrogen and oxygen atoms in total. The fraction of sp³-hybridized carbons (Fsp3) is 0.533. The molecule has 1 unspecified atom stereocenters. The number of Topliss-reactive ketones (excluding diaryl/α,β-unsaturated/α-hetero) is 1. The normalized spacial score (nSPS) is 20.2. The topological polar surface area (TPSA) is 26.3 Å². The molecule has 0 saturated heterocycles. The van der Waals surface area contributed by atoms with Crippen LogP contribution in [0.3, 0.4) is 0 Å². The molecule has 0 N–H and O–H groups in total. The van der Waals surface area contributed by atoms with E-state index >= 15 is 0 Å². The lowest BCUT2D eigenvalue weighted by molar-refractivity contribution is -0.122. The van der Waals surface area contributed by atoms with Gasteiger partial charge in [0.25, 0.3) is 0 Å². The molecule has 1 aliphatic rings. The summed E-state index contributed by atoms with van der Waals surface area (Å²) in [4.78, 5) is 11.4. The molecule has 0 aliphatic heterocycles. The van der Waals surface area contributed by atoms with Crippen LogP contribution in [0.15, 0.2) is 22.7 Å². The maximum Gasteiger partial charge on any atom is 0.136 e. The minimum absolute atomic E-state index is 0.0601. The van der Waals surface area contributed by atoms with Crippen LogP contribution in [0, 0.1) is 0 Å². The van der Waals surface area contributed by atoms with Gasteiger partial charge in [-0.1, -0.05) is 29.8 Å². The number of halogens is 1. The highest BCUT2D eigenvalue weighted by Gasteiger charge is 2.22. The summed E-state index contributed by atoms with van der Waals surface area (Å²) in [7, 11) is 0. The first-order valence-corrected chi connectivity index (χ1v) is 7.33. The monoisotopic (exact) mass is 310 g/mol. The van der Waals surface area contributed by atoms with Crippen LogP contribution in [-0.4, -0.2) is 11.9 Å². The Bertz CT molecular complexity index is 440. The number of ketones is 1. The first kappa shape index (κ1) is 13.6. The molecular weight excluding hydrogens is 292 g/mol. The highest BCUT2D eigenvalue weighted by Crippen LogP contribution is 2.32. The maximum atomic E-state index is 11.4. The molecule has 2 rings (SSSR count). The number of carbonyl (C=O) groups excluding carboxylic acids is 1. The van der Waals surface area contributed by atoms with Gasteiger partial charge < -0.3 is 4.74 Å². The molecule has 0 bridgehead atoms. The Labute approximate surface area is 117 Å². The van der Waals surface area contributed by atoms with E-state index < -0.39 is 0 Å². The van der Waals surface area contributed by atoms with Crippen molar-refractivity contribution in [1.82, 2.24) is 0 Å². The third-order valence-corrected chi connectivity index (χ3v) is 3.82. The van der Waals surface area contributed by atoms with Gasteiger partial charge in [-0.3, -0.25) is 4.79 Å². The van der Waals surface area contributed by atoms with Crippen LogP contribution in [0.25, 0.3) is 0 Å². The average Bonchev–Trinajstić information content (AvgIpc) is 2.31. The molecule has 1 saturated carbocycles. The SMILES string of the molecule is CC(C)c1cc(Br)ccc1OC1CCCC(=O)C1. The highest BCUT2D eigenvalue weighted by atomic mass is 79.9. The Morgan fingerprint density at radius 3 is 2.83 bits per heavy atom. The number of carbonyl (C=O) groups is 1. The van der Waals surface area contributed by atoms with E-state index in [2.05, 4.69) is 35.8 Å². The predicted octanol–water partition coefficient (Wildman–Crippen LogP) is 4.46. The van der Waals surface area contributed by atoms with Gasteiger partial charge in [-0.05, 0) is 42.5 Å². The zero-order valence-corrected chi connectivity index (χ0v) is 12.5. The fourth-order valence-electron chi connectivity index (χ4n) is 2.34. The molecule has 1 atom stereocenters. The van der Waals surface area contributed by atoms with Gasteiger partial charge in [-0.2, -0.15) is 0 Å². The van der Waals surface area contributed by atoms with Gasteiger partial charge in [0.05, 0.1) is 0 Å². The molecule has 0 heterocycles. The summed E-state index contributed by atoms with van der Waals surface area (Å²) in [5, 5.41) is 0. The third kappa shape index (κ3) is 3.35. The first-order chi connectivity index (χ1) is 8.56. The Hall–Kier alpha value is -0.830. The maximum absolute atomic E-state index is 11.4. The van der Waals surface area contributed by atoms with Gasteiger partial charge in [-0.15, -0.1) is 0 Å². The summed E-state index contributed by atoms with van der Waals surface area (Å²) in [5.41, 5.74) is 1.20. The summed E-state index contributed by atoms with van der Waals surface area (Å²) >= 11 is 3.49. The molecule has 0 amide bonds. The molecule has 1 fully saturated rings. The van der Waals surface area contributed by atoms with Crippen LogP contribution in [0.4, 0.5) is 0 Å². The molecule has 18 heavy (non-hydrogen) atoms. The van der Waals surface area contributed by atoms with Crippen molar-refractivity contribution in [2.45, 2.75) is 51.6 Å². The van der Waals surface area contributed by atoms with Gasteiger partial charge in [-0.25, -0.2) is 0 Å². The van der Waals surface area contributed by atoms with E-state index in [1.165, 1.54) is 5.56 Å². The van der Waals surface area contributed by atoms with Crippen LogP contribution in [0.2, 0.25) is 0 Å². The second-order valence-electron chi connectivity index (χ2n) is 5.21. The number of rotatable bonds is 3. The van der Waals surface area contributed by atoms with E-state index in [0.717, 1.165) is 29.5 Å². The van der Waals surface area contributed by atoms with Gasteiger partial charge in [0.15, 0.2) is 0 Å². The summed E-state index contributed by atoms with van der Waals surface area (Å²) in [5.74, 6) is 1.67. The van der Waals surface area contributed by atoms with Gasteiger partial charge >= 0.3 is 0 Å². The standard InChI is InChI=1S/C15H19BrO2/c1-10(2)14-8-11(16)6-7-15(14)18-13-5-3-4-12(17)9-13/h6-8,10,13H,3-5,9H2,1-2H3. The lowest BCUT2D eigenvalue weighted by Gasteiger charge is -2.24. The zero-order valence-electron chi connectivity index (χ0n) is 10.9. The van der Waals surface area contributed by atoms with E-state index in [0.29, 0.717) is 18.1 Å². The van der Waals surface area contributed by atoms with E-state index in [1.54, 1.807) is 0 Å². The van der Waals surface area contributed by atoms with Crippen molar-refractivity contribution in [3.8, 4) is 5.75 Å². The minimum atomic E-state index is 0.0601. The summed E-state index contributed by atoms with van der Waals surface area (Å²) in [6, 6.07) is 6.09. The van der Waals surface area contributed by atoms with Gasteiger partial charge in [0.2, 0.25) is 0 Å². The molecule has 1 aliphatic carbocycles. The molecule has 0 aromatic heterocycles. The van der Waals surface area contributed by atoms with Crippen molar-refractivity contribution in [3.63, 3.8) is 0 Å². The van der Waals surface area contributed by atoms with Crippen LogP contribution in [-0.2, 0) is 4.79 Å². The summed E-state index contributed by atoms with van der Waals surface area (Å²) < 4.78 is 7.10. The van der Waals surface area contributed by atoms with Crippen molar-refractivity contribution < 1.29 is 9.53 Å². The Kier molecular flexibility index (Phi) is 4.44. The molecule has 98 valence electrons. The second-order valence-corrected chi connectivity index (χ2v) is 6.13. The molecular formula is C15H19BrO2. The summed E-state index contributed by atoms with van der Waals surface area (Å²) in [6.45, 7) is 4.31. The number of hydrogen-bond acceptors (Lipinski definition) is 2. The Morgan fingerprint density at radius 1 is 1.39 bits per heavy atom. The van der Waals surface area contributed by atoms with Gasteiger partial charge in [0.1, 0.15) is 17.6 Å². The quantitative estimate of drug-likeness (QED) is 0.823. The van der Waals surface area contributed by atoms with Crippen molar-refractivity contribution in [2.24, 2.45) is 0 Å². The van der Waals surface area contributed by atoms with Crippen molar-refractivity contribution in [3.05, 3.63) is 28.2 Å². The van der Waals surface area contributed by atoms with E-state index in [4.69, 9.17) is 4.74 Å². The molecule has 1 aromatic rings. The van der Waals surface area contributed by atoms with E-state index in [-0.39, 0.29) is 6.10 Å². The Morgan fingerprint density at radius 2 is 2.17 bits per heavy atom. The lowest BCUT2D eigenvalue weighted by Crippen LogP contribution is -2.25. The first-order valence-electron chi connectivity index (χ1n) is 6.54. The molecule has 0 spiro atoms. The van der Waals surface area contributed by atoms with Crippen molar-refractivity contribution in [2.75, 3.05) is 0 Å². The largest absolute Gasteiger partial charge is 0.490 e.